The van der Waals surface area contributed by atoms with E-state index in [1.807, 2.05) is 7.05 Å². The zero-order valence-electron chi connectivity index (χ0n) is 12.4. The van der Waals surface area contributed by atoms with Crippen molar-refractivity contribution in [2.75, 3.05) is 13.2 Å². The number of aryl methyl sites for hydroxylation is 1. The van der Waals surface area contributed by atoms with E-state index in [0.717, 1.165) is 25.1 Å². The predicted octanol–water partition coefficient (Wildman–Crippen LogP) is 1.25. The molecule has 0 radical (unpaired) electrons. The molecule has 2 rings (SSSR count). The van der Waals surface area contributed by atoms with Gasteiger partial charge in [0.25, 0.3) is 0 Å². The summed E-state index contributed by atoms with van der Waals surface area (Å²) in [5.74, 6) is -0.308. The van der Waals surface area contributed by atoms with Crippen LogP contribution in [0, 0.1) is 0 Å². The quantitative estimate of drug-likeness (QED) is 0.823. The fraction of sp³-hybridized carbons (Fsp3) is 0.714. The van der Waals surface area contributed by atoms with Gasteiger partial charge in [0.05, 0.1) is 24.6 Å². The third kappa shape index (κ3) is 3.58. The van der Waals surface area contributed by atoms with Crippen molar-refractivity contribution < 1.29 is 14.3 Å². The fourth-order valence-electron chi connectivity index (χ4n) is 2.48. The minimum absolute atomic E-state index is 0.289. The molecular weight excluding hydrogens is 258 g/mol. The Hall–Kier alpha value is -1.40. The van der Waals surface area contributed by atoms with E-state index < -0.39 is 0 Å². The molecule has 6 nitrogen and oxygen atoms in total. The molecule has 0 aromatic carbocycles. The Morgan fingerprint density at radius 3 is 3.15 bits per heavy atom. The Kier molecular flexibility index (Phi) is 5.14. The molecule has 1 fully saturated rings. The van der Waals surface area contributed by atoms with Crippen molar-refractivity contribution in [2.24, 2.45) is 7.05 Å². The number of ether oxygens (including phenoxy) is 2. The lowest BCUT2D eigenvalue weighted by Crippen LogP contribution is -2.38. The number of rotatable bonds is 5. The third-order valence-corrected chi connectivity index (χ3v) is 3.60. The molecule has 20 heavy (non-hydrogen) atoms. The molecule has 2 atom stereocenters. The molecule has 0 aliphatic carbocycles. The van der Waals surface area contributed by atoms with Gasteiger partial charge in [-0.15, -0.1) is 0 Å². The van der Waals surface area contributed by atoms with Crippen molar-refractivity contribution in [1.82, 2.24) is 15.1 Å². The minimum Gasteiger partial charge on any atom is -0.462 e. The molecule has 2 unspecified atom stereocenters. The van der Waals surface area contributed by atoms with E-state index in [9.17, 15) is 4.79 Å². The van der Waals surface area contributed by atoms with Crippen LogP contribution in [0.15, 0.2) is 6.20 Å². The molecule has 0 spiro atoms. The number of nitrogens with zero attached hydrogens (tertiary/aromatic N) is 2. The van der Waals surface area contributed by atoms with Crippen LogP contribution in [0.4, 0.5) is 0 Å². The highest BCUT2D eigenvalue weighted by atomic mass is 16.5. The minimum atomic E-state index is -0.308. The van der Waals surface area contributed by atoms with Crippen molar-refractivity contribution in [1.29, 1.82) is 0 Å². The van der Waals surface area contributed by atoms with Gasteiger partial charge in [-0.2, -0.15) is 5.10 Å². The van der Waals surface area contributed by atoms with Crippen LogP contribution in [0.3, 0.4) is 0 Å². The van der Waals surface area contributed by atoms with Gasteiger partial charge in [0.15, 0.2) is 0 Å². The molecule has 1 N–H and O–H groups in total. The van der Waals surface area contributed by atoms with E-state index >= 15 is 0 Å². The largest absolute Gasteiger partial charge is 0.462 e. The number of esters is 1. The van der Waals surface area contributed by atoms with Gasteiger partial charge in [-0.05, 0) is 26.7 Å². The van der Waals surface area contributed by atoms with E-state index in [1.165, 1.54) is 0 Å². The fourth-order valence-corrected chi connectivity index (χ4v) is 2.48. The molecule has 0 amide bonds. The maximum atomic E-state index is 11.9. The highest BCUT2D eigenvalue weighted by Gasteiger charge is 2.21. The lowest BCUT2D eigenvalue weighted by atomic mass is 10.0. The summed E-state index contributed by atoms with van der Waals surface area (Å²) in [4.78, 5) is 11.9. The zero-order chi connectivity index (χ0) is 14.5. The van der Waals surface area contributed by atoms with Crippen LogP contribution in [0.5, 0.6) is 0 Å². The summed E-state index contributed by atoms with van der Waals surface area (Å²) in [5.41, 5.74) is 1.41. The van der Waals surface area contributed by atoms with Crippen molar-refractivity contribution in [2.45, 2.75) is 45.4 Å². The van der Waals surface area contributed by atoms with Crippen LogP contribution in [0.2, 0.25) is 0 Å². The van der Waals surface area contributed by atoms with Crippen LogP contribution in [-0.2, 0) is 23.1 Å². The molecule has 2 heterocycles. The molecule has 0 saturated carbocycles. The second-order valence-electron chi connectivity index (χ2n) is 5.13. The number of hydrogen-bond donors (Lipinski definition) is 1. The summed E-state index contributed by atoms with van der Waals surface area (Å²) in [6.07, 6.45) is 3.85. The van der Waals surface area contributed by atoms with E-state index in [-0.39, 0.29) is 12.1 Å². The first-order chi connectivity index (χ1) is 9.61. The number of hydrogen-bond acceptors (Lipinski definition) is 5. The summed E-state index contributed by atoms with van der Waals surface area (Å²) >= 11 is 0. The lowest BCUT2D eigenvalue weighted by Gasteiger charge is -2.28. The van der Waals surface area contributed by atoms with E-state index in [2.05, 4.69) is 17.3 Å². The Morgan fingerprint density at radius 1 is 1.65 bits per heavy atom. The maximum Gasteiger partial charge on any atom is 0.341 e. The van der Waals surface area contributed by atoms with E-state index in [0.29, 0.717) is 24.8 Å². The summed E-state index contributed by atoms with van der Waals surface area (Å²) in [7, 11) is 1.84. The Bertz CT molecular complexity index is 459. The lowest BCUT2D eigenvalue weighted by molar-refractivity contribution is 0.0129. The highest BCUT2D eigenvalue weighted by molar-refractivity contribution is 5.90. The third-order valence-electron chi connectivity index (χ3n) is 3.60. The summed E-state index contributed by atoms with van der Waals surface area (Å²) in [6, 6.07) is 0.420. The second-order valence-corrected chi connectivity index (χ2v) is 5.13. The van der Waals surface area contributed by atoms with Crippen LogP contribution in [-0.4, -0.2) is 41.1 Å². The maximum absolute atomic E-state index is 11.9. The average Bonchev–Trinajstić information content (AvgIpc) is 2.78. The standard InChI is InChI=1S/C14H23N3O3/c1-4-19-14(18)12-8-16-17(3)13(12)9-15-11-5-6-20-10(2)7-11/h8,10-11,15H,4-7,9H2,1-3H3. The molecule has 6 heteroatoms. The highest BCUT2D eigenvalue weighted by Crippen LogP contribution is 2.15. The van der Waals surface area contributed by atoms with Crippen LogP contribution in [0.25, 0.3) is 0 Å². The molecule has 0 bridgehead atoms. The summed E-state index contributed by atoms with van der Waals surface area (Å²) in [5, 5.41) is 7.63. The Morgan fingerprint density at radius 2 is 2.45 bits per heavy atom. The summed E-state index contributed by atoms with van der Waals surface area (Å²) in [6.45, 7) is 5.66. The van der Waals surface area contributed by atoms with Crippen LogP contribution < -0.4 is 5.32 Å². The first-order valence-electron chi connectivity index (χ1n) is 7.14. The van der Waals surface area contributed by atoms with Gasteiger partial charge in [0.1, 0.15) is 5.56 Å². The van der Waals surface area contributed by atoms with E-state index in [4.69, 9.17) is 9.47 Å². The van der Waals surface area contributed by atoms with Gasteiger partial charge < -0.3 is 14.8 Å². The molecule has 1 aliphatic heterocycles. The number of nitrogens with one attached hydrogen (secondary N) is 1. The molecule has 1 saturated heterocycles. The predicted molar refractivity (Wildman–Crippen MR) is 74.4 cm³/mol. The van der Waals surface area contributed by atoms with Gasteiger partial charge >= 0.3 is 5.97 Å². The van der Waals surface area contributed by atoms with Crippen molar-refractivity contribution in [3.8, 4) is 0 Å². The SMILES string of the molecule is CCOC(=O)c1cnn(C)c1CNC1CCOC(C)C1. The van der Waals surface area contributed by atoms with Gasteiger partial charge in [-0.1, -0.05) is 0 Å². The number of carbonyl (C=O) groups excluding carboxylic acids is 1. The number of carbonyl (C=O) groups is 1. The first-order valence-corrected chi connectivity index (χ1v) is 7.14. The monoisotopic (exact) mass is 281 g/mol. The van der Waals surface area contributed by atoms with Crippen molar-refractivity contribution in [3.63, 3.8) is 0 Å². The molecule has 1 aromatic rings. The Labute approximate surface area is 119 Å². The summed E-state index contributed by atoms with van der Waals surface area (Å²) < 4.78 is 12.3. The van der Waals surface area contributed by atoms with Gasteiger partial charge in [-0.3, -0.25) is 4.68 Å². The molecular formula is C14H23N3O3. The van der Waals surface area contributed by atoms with Gasteiger partial charge in [0.2, 0.25) is 0 Å². The molecule has 1 aromatic heterocycles. The van der Waals surface area contributed by atoms with Crippen LogP contribution >= 0.6 is 0 Å². The van der Waals surface area contributed by atoms with E-state index in [1.54, 1.807) is 17.8 Å². The van der Waals surface area contributed by atoms with Gasteiger partial charge in [-0.25, -0.2) is 4.79 Å². The van der Waals surface area contributed by atoms with Crippen molar-refractivity contribution >= 4 is 5.97 Å². The topological polar surface area (TPSA) is 65.4 Å². The second kappa shape index (κ2) is 6.85. The Balaban J connectivity index is 1.98. The van der Waals surface area contributed by atoms with Gasteiger partial charge in [0, 0.05) is 26.2 Å². The van der Waals surface area contributed by atoms with Crippen molar-refractivity contribution in [3.05, 3.63) is 17.5 Å². The average molecular weight is 281 g/mol. The first kappa shape index (κ1) is 15.0. The molecule has 112 valence electrons. The van der Waals surface area contributed by atoms with Crippen LogP contribution in [0.1, 0.15) is 42.7 Å². The molecule has 1 aliphatic rings. The normalized spacial score (nSPS) is 22.8. The smallest absolute Gasteiger partial charge is 0.341 e. The zero-order valence-corrected chi connectivity index (χ0v) is 12.4. The number of aromatic nitrogens is 2.